The molecule has 4 heterocycles. The van der Waals surface area contributed by atoms with Crippen LogP contribution in [0, 0.1) is 5.41 Å². The quantitative estimate of drug-likeness (QED) is 0.746. The number of rotatable bonds is 3. The van der Waals surface area contributed by atoms with Gasteiger partial charge >= 0.3 is 0 Å². The molecule has 2 aliphatic heterocycles. The lowest BCUT2D eigenvalue weighted by Gasteiger charge is -2.56. The van der Waals surface area contributed by atoms with Crippen molar-refractivity contribution in [2.24, 2.45) is 5.41 Å². The number of phenolic OH excluding ortho intramolecular Hbond substituents is 1. The SMILES string of the molecule is Oc1ccccc1-c1cc2c(C3CC3)c(N3CC4(CNC4)C3)sc2nn1. The third-order valence-electron chi connectivity index (χ3n) is 5.98. The molecule has 0 amide bonds. The fourth-order valence-corrected chi connectivity index (χ4v) is 5.53. The van der Waals surface area contributed by atoms with E-state index >= 15 is 0 Å². The molecule has 3 fully saturated rings. The topological polar surface area (TPSA) is 61.3 Å². The average Bonchev–Trinajstić information content (AvgIpc) is 3.33. The number of hydrogen-bond donors (Lipinski definition) is 2. The minimum atomic E-state index is 0.256. The Labute approximate surface area is 155 Å². The summed E-state index contributed by atoms with van der Waals surface area (Å²) in [5.41, 5.74) is 3.49. The fraction of sp³-hybridized carbons (Fsp3) is 0.400. The van der Waals surface area contributed by atoms with E-state index in [4.69, 9.17) is 0 Å². The van der Waals surface area contributed by atoms with E-state index in [1.807, 2.05) is 18.2 Å². The number of anilines is 1. The molecular formula is C20H20N4OS. The lowest BCUT2D eigenvalue weighted by atomic mass is 9.74. The highest BCUT2D eigenvalue weighted by atomic mass is 32.1. The van der Waals surface area contributed by atoms with Crippen molar-refractivity contribution in [3.8, 4) is 17.0 Å². The molecule has 1 saturated carbocycles. The smallest absolute Gasteiger partial charge is 0.148 e. The van der Waals surface area contributed by atoms with Gasteiger partial charge in [0.25, 0.3) is 0 Å². The fourth-order valence-electron chi connectivity index (χ4n) is 4.34. The van der Waals surface area contributed by atoms with Crippen LogP contribution in [-0.4, -0.2) is 41.5 Å². The zero-order chi connectivity index (χ0) is 17.3. The first-order chi connectivity index (χ1) is 12.7. The van der Waals surface area contributed by atoms with Crippen LogP contribution >= 0.6 is 11.3 Å². The van der Waals surface area contributed by atoms with Gasteiger partial charge in [-0.1, -0.05) is 23.5 Å². The Bertz CT molecular complexity index is 1010. The van der Waals surface area contributed by atoms with Gasteiger partial charge in [0.1, 0.15) is 10.6 Å². The molecule has 2 saturated heterocycles. The summed E-state index contributed by atoms with van der Waals surface area (Å²) in [4.78, 5) is 3.56. The van der Waals surface area contributed by atoms with Crippen LogP contribution in [0.25, 0.3) is 21.5 Å². The van der Waals surface area contributed by atoms with Crippen LogP contribution in [0.1, 0.15) is 24.3 Å². The number of phenols is 1. The van der Waals surface area contributed by atoms with Crippen LogP contribution in [0.3, 0.4) is 0 Å². The molecule has 132 valence electrons. The Morgan fingerprint density at radius 1 is 1.15 bits per heavy atom. The van der Waals surface area contributed by atoms with E-state index in [0.717, 1.165) is 42.3 Å². The molecule has 1 aromatic carbocycles. The molecule has 2 N–H and O–H groups in total. The molecule has 6 heteroatoms. The van der Waals surface area contributed by atoms with Gasteiger partial charge < -0.3 is 15.3 Å². The van der Waals surface area contributed by atoms with E-state index in [1.54, 1.807) is 17.4 Å². The molecule has 1 aliphatic carbocycles. The van der Waals surface area contributed by atoms with Crippen molar-refractivity contribution in [3.05, 3.63) is 35.9 Å². The lowest BCUT2D eigenvalue weighted by molar-refractivity contribution is 0.122. The van der Waals surface area contributed by atoms with E-state index < -0.39 is 0 Å². The van der Waals surface area contributed by atoms with Crippen LogP contribution in [0.4, 0.5) is 5.00 Å². The minimum Gasteiger partial charge on any atom is -0.507 e. The monoisotopic (exact) mass is 364 g/mol. The molecule has 3 aliphatic rings. The Morgan fingerprint density at radius 3 is 2.65 bits per heavy atom. The molecule has 5 nitrogen and oxygen atoms in total. The van der Waals surface area contributed by atoms with E-state index in [1.165, 1.54) is 28.8 Å². The van der Waals surface area contributed by atoms with Crippen LogP contribution in [0.15, 0.2) is 30.3 Å². The highest BCUT2D eigenvalue weighted by Crippen LogP contribution is 2.53. The molecular weight excluding hydrogens is 344 g/mol. The number of nitrogens with one attached hydrogen (secondary N) is 1. The average molecular weight is 364 g/mol. The van der Waals surface area contributed by atoms with Crippen LogP contribution in [0.2, 0.25) is 0 Å². The predicted molar refractivity (Wildman–Crippen MR) is 104 cm³/mol. The van der Waals surface area contributed by atoms with Crippen LogP contribution in [0.5, 0.6) is 5.75 Å². The molecule has 0 bridgehead atoms. The van der Waals surface area contributed by atoms with Crippen molar-refractivity contribution >= 4 is 26.6 Å². The molecule has 2 aromatic heterocycles. The van der Waals surface area contributed by atoms with Crippen molar-refractivity contribution in [1.29, 1.82) is 0 Å². The van der Waals surface area contributed by atoms with Gasteiger partial charge in [-0.15, -0.1) is 10.2 Å². The number of aromatic nitrogens is 2. The molecule has 6 rings (SSSR count). The van der Waals surface area contributed by atoms with E-state index in [9.17, 15) is 5.11 Å². The van der Waals surface area contributed by atoms with Gasteiger partial charge in [0.05, 0.1) is 10.7 Å². The van der Waals surface area contributed by atoms with Crippen molar-refractivity contribution in [2.45, 2.75) is 18.8 Å². The summed E-state index contributed by atoms with van der Waals surface area (Å²) in [5.74, 6) is 0.919. The minimum absolute atomic E-state index is 0.256. The van der Waals surface area contributed by atoms with Gasteiger partial charge in [0.15, 0.2) is 0 Å². The first kappa shape index (κ1) is 14.9. The highest BCUT2D eigenvalue weighted by Gasteiger charge is 2.49. The third-order valence-corrected chi connectivity index (χ3v) is 7.15. The summed E-state index contributed by atoms with van der Waals surface area (Å²) in [7, 11) is 0. The van der Waals surface area contributed by atoms with Crippen LogP contribution in [-0.2, 0) is 0 Å². The Hall–Kier alpha value is -2.18. The van der Waals surface area contributed by atoms with Crippen molar-refractivity contribution in [1.82, 2.24) is 15.5 Å². The second-order valence-electron chi connectivity index (χ2n) is 8.02. The number of fused-ring (bicyclic) bond motifs is 1. The number of benzene rings is 1. The summed E-state index contributed by atoms with van der Waals surface area (Å²) < 4.78 is 0. The summed E-state index contributed by atoms with van der Waals surface area (Å²) in [6, 6.07) is 9.49. The maximum absolute atomic E-state index is 10.2. The first-order valence-corrected chi connectivity index (χ1v) is 10.1. The Kier molecular flexibility index (Phi) is 2.97. The number of nitrogens with zero attached hydrogens (tertiary/aromatic N) is 3. The van der Waals surface area contributed by atoms with Gasteiger partial charge in [-0.2, -0.15) is 0 Å². The summed E-state index contributed by atoms with van der Waals surface area (Å²) in [6.07, 6.45) is 2.54. The molecule has 3 aromatic rings. The van der Waals surface area contributed by atoms with Gasteiger partial charge in [-0.25, -0.2) is 0 Å². The molecule has 26 heavy (non-hydrogen) atoms. The highest BCUT2D eigenvalue weighted by molar-refractivity contribution is 7.22. The standard InChI is InChI=1S/C20H20N4OS/c25-16-4-2-1-3-13(16)15-7-14-17(12-5-6-12)19(26-18(14)23-22-15)24-10-20(11-24)8-21-9-20/h1-4,7,12,21,25H,5-6,8-11H2. The molecule has 0 radical (unpaired) electrons. The number of para-hydroxylation sites is 1. The zero-order valence-corrected chi connectivity index (χ0v) is 15.2. The van der Waals surface area contributed by atoms with Gasteiger partial charge in [-0.3, -0.25) is 0 Å². The summed E-state index contributed by atoms with van der Waals surface area (Å²) >= 11 is 1.79. The van der Waals surface area contributed by atoms with Gasteiger partial charge in [0, 0.05) is 42.5 Å². The second-order valence-corrected chi connectivity index (χ2v) is 9.00. The summed E-state index contributed by atoms with van der Waals surface area (Å²) in [6.45, 7) is 4.63. The van der Waals surface area contributed by atoms with Crippen molar-refractivity contribution in [3.63, 3.8) is 0 Å². The van der Waals surface area contributed by atoms with Crippen molar-refractivity contribution in [2.75, 3.05) is 31.1 Å². The normalized spacial score (nSPS) is 21.0. The van der Waals surface area contributed by atoms with E-state index in [0.29, 0.717) is 11.3 Å². The largest absolute Gasteiger partial charge is 0.507 e. The second kappa shape index (κ2) is 5.18. The Balaban J connectivity index is 1.45. The zero-order valence-electron chi connectivity index (χ0n) is 14.4. The molecule has 0 unspecified atom stereocenters. The van der Waals surface area contributed by atoms with E-state index in [-0.39, 0.29) is 5.75 Å². The van der Waals surface area contributed by atoms with Crippen LogP contribution < -0.4 is 10.2 Å². The number of hydrogen-bond acceptors (Lipinski definition) is 6. The van der Waals surface area contributed by atoms with Crippen molar-refractivity contribution < 1.29 is 5.11 Å². The molecule has 1 spiro atoms. The lowest BCUT2D eigenvalue weighted by Crippen LogP contribution is -2.71. The third kappa shape index (κ3) is 2.12. The number of thiophene rings is 1. The Morgan fingerprint density at radius 2 is 1.96 bits per heavy atom. The number of aromatic hydroxyl groups is 1. The van der Waals surface area contributed by atoms with Gasteiger partial charge in [0.2, 0.25) is 0 Å². The summed E-state index contributed by atoms with van der Waals surface area (Å²) in [5, 5.41) is 25.2. The predicted octanol–water partition coefficient (Wildman–Crippen LogP) is 3.35. The maximum Gasteiger partial charge on any atom is 0.148 e. The first-order valence-electron chi connectivity index (χ1n) is 9.27. The molecule has 0 atom stereocenters. The van der Waals surface area contributed by atoms with E-state index in [2.05, 4.69) is 26.5 Å². The van der Waals surface area contributed by atoms with Gasteiger partial charge in [-0.05, 0) is 42.5 Å². The maximum atomic E-state index is 10.2.